The molecular weight excluding hydrogens is 332 g/mol. The van der Waals surface area contributed by atoms with Gasteiger partial charge in [0.1, 0.15) is 5.82 Å². The van der Waals surface area contributed by atoms with E-state index in [1.54, 1.807) is 19.0 Å². The normalized spacial score (nSPS) is 12.0. The van der Waals surface area contributed by atoms with Gasteiger partial charge in [0.25, 0.3) is 0 Å². The molecule has 0 aliphatic carbocycles. The predicted octanol–water partition coefficient (Wildman–Crippen LogP) is 3.94. The van der Waals surface area contributed by atoms with Crippen LogP contribution in [0.4, 0.5) is 11.5 Å². The van der Waals surface area contributed by atoms with Crippen LogP contribution >= 0.6 is 11.8 Å². The lowest BCUT2D eigenvalue weighted by molar-refractivity contribution is -0.127. The highest BCUT2D eigenvalue weighted by Crippen LogP contribution is 2.28. The summed E-state index contributed by atoms with van der Waals surface area (Å²) in [6.07, 6.45) is 0. The molecule has 3 aromatic rings. The van der Waals surface area contributed by atoms with Crippen molar-refractivity contribution in [3.8, 4) is 0 Å². The molecule has 1 N–H and O–H groups in total. The highest BCUT2D eigenvalue weighted by molar-refractivity contribution is 8.00. The smallest absolute Gasteiger partial charge is 0.235 e. The van der Waals surface area contributed by atoms with E-state index in [1.165, 1.54) is 11.8 Å². The molecule has 0 bridgehead atoms. The number of para-hydroxylation sites is 2. The Morgan fingerprint density at radius 3 is 2.44 bits per heavy atom. The number of hydrogen-bond acceptors (Lipinski definition) is 5. The third-order valence-corrected chi connectivity index (χ3v) is 4.64. The molecule has 5 nitrogen and oxygen atoms in total. The summed E-state index contributed by atoms with van der Waals surface area (Å²) < 4.78 is 0. The van der Waals surface area contributed by atoms with Crippen LogP contribution in [0.2, 0.25) is 0 Å². The zero-order valence-electron chi connectivity index (χ0n) is 14.4. The first-order chi connectivity index (χ1) is 12.0. The van der Waals surface area contributed by atoms with Gasteiger partial charge in [-0.2, -0.15) is 0 Å². The fourth-order valence-corrected chi connectivity index (χ4v) is 3.36. The maximum absolute atomic E-state index is 12.1. The van der Waals surface area contributed by atoms with Crippen molar-refractivity contribution in [2.24, 2.45) is 0 Å². The Labute approximate surface area is 151 Å². The van der Waals surface area contributed by atoms with Gasteiger partial charge < -0.3 is 10.2 Å². The van der Waals surface area contributed by atoms with E-state index >= 15 is 0 Å². The molecule has 1 amide bonds. The molecule has 128 valence electrons. The standard InChI is InChI=1S/C19H20N4OS/c1-13(18(24)23(2)3)25-19-21-16-12-8-7-11-15(16)17(22-19)20-14-9-5-4-6-10-14/h4-13H,1-3H3,(H,20,21,22)/t13-/m0/s1. The molecule has 0 saturated carbocycles. The lowest BCUT2D eigenvalue weighted by Crippen LogP contribution is -2.29. The second kappa shape index (κ2) is 7.53. The Hall–Kier alpha value is -2.60. The van der Waals surface area contributed by atoms with Gasteiger partial charge in [-0.15, -0.1) is 0 Å². The topological polar surface area (TPSA) is 58.1 Å². The summed E-state index contributed by atoms with van der Waals surface area (Å²) in [6.45, 7) is 1.87. The van der Waals surface area contributed by atoms with Crippen molar-refractivity contribution in [3.63, 3.8) is 0 Å². The number of thioether (sulfide) groups is 1. The fraction of sp³-hybridized carbons (Fsp3) is 0.211. The summed E-state index contributed by atoms with van der Waals surface area (Å²) in [5.41, 5.74) is 1.81. The molecule has 0 unspecified atom stereocenters. The van der Waals surface area contributed by atoms with Gasteiger partial charge in [-0.3, -0.25) is 4.79 Å². The van der Waals surface area contributed by atoms with Crippen LogP contribution in [0.3, 0.4) is 0 Å². The van der Waals surface area contributed by atoms with Crippen molar-refractivity contribution in [3.05, 3.63) is 54.6 Å². The number of nitrogens with one attached hydrogen (secondary N) is 1. The molecule has 0 fully saturated rings. The van der Waals surface area contributed by atoms with Gasteiger partial charge in [0, 0.05) is 25.2 Å². The Morgan fingerprint density at radius 1 is 1.04 bits per heavy atom. The molecule has 0 saturated heterocycles. The molecule has 6 heteroatoms. The Balaban J connectivity index is 1.96. The molecular formula is C19H20N4OS. The second-order valence-corrected chi connectivity index (χ2v) is 7.16. The van der Waals surface area contributed by atoms with E-state index < -0.39 is 0 Å². The van der Waals surface area contributed by atoms with E-state index in [1.807, 2.05) is 61.5 Å². The molecule has 25 heavy (non-hydrogen) atoms. The van der Waals surface area contributed by atoms with Crippen molar-refractivity contribution >= 4 is 40.1 Å². The number of nitrogens with zero attached hydrogens (tertiary/aromatic N) is 3. The third kappa shape index (κ3) is 4.09. The van der Waals surface area contributed by atoms with Gasteiger partial charge in [0.05, 0.1) is 10.8 Å². The largest absolute Gasteiger partial charge is 0.348 e. The van der Waals surface area contributed by atoms with Crippen LogP contribution in [0.5, 0.6) is 0 Å². The number of aromatic nitrogens is 2. The van der Waals surface area contributed by atoms with Crippen molar-refractivity contribution in [2.45, 2.75) is 17.3 Å². The summed E-state index contributed by atoms with van der Waals surface area (Å²) in [6, 6.07) is 17.7. The number of fused-ring (bicyclic) bond motifs is 1. The molecule has 0 radical (unpaired) electrons. The second-order valence-electron chi connectivity index (χ2n) is 5.86. The number of amides is 1. The maximum Gasteiger partial charge on any atom is 0.235 e. The number of benzene rings is 2. The van der Waals surface area contributed by atoms with Crippen molar-refractivity contribution in [1.29, 1.82) is 0 Å². The van der Waals surface area contributed by atoms with Gasteiger partial charge in [-0.05, 0) is 31.2 Å². The maximum atomic E-state index is 12.1. The summed E-state index contributed by atoms with van der Waals surface area (Å²) in [5, 5.41) is 4.63. The molecule has 1 aromatic heterocycles. The summed E-state index contributed by atoms with van der Waals surface area (Å²) in [7, 11) is 3.51. The van der Waals surface area contributed by atoms with Crippen molar-refractivity contribution in [1.82, 2.24) is 14.9 Å². The van der Waals surface area contributed by atoms with Crippen molar-refractivity contribution < 1.29 is 4.79 Å². The summed E-state index contributed by atoms with van der Waals surface area (Å²) >= 11 is 1.37. The summed E-state index contributed by atoms with van der Waals surface area (Å²) in [4.78, 5) is 23.0. The molecule has 3 rings (SSSR count). The average molecular weight is 352 g/mol. The van der Waals surface area contributed by atoms with E-state index in [4.69, 9.17) is 0 Å². The van der Waals surface area contributed by atoms with E-state index in [-0.39, 0.29) is 11.2 Å². The number of rotatable bonds is 5. The first-order valence-corrected chi connectivity index (χ1v) is 8.89. The zero-order valence-corrected chi connectivity index (χ0v) is 15.2. The predicted molar refractivity (Wildman–Crippen MR) is 103 cm³/mol. The molecule has 0 spiro atoms. The van der Waals surface area contributed by atoms with Crippen LogP contribution in [0.1, 0.15) is 6.92 Å². The van der Waals surface area contributed by atoms with E-state index in [9.17, 15) is 4.79 Å². The summed E-state index contributed by atoms with van der Waals surface area (Å²) in [5.74, 6) is 0.781. The van der Waals surface area contributed by atoms with Crippen LogP contribution in [0.25, 0.3) is 10.9 Å². The highest BCUT2D eigenvalue weighted by Gasteiger charge is 2.19. The number of hydrogen-bond donors (Lipinski definition) is 1. The van der Waals surface area contributed by atoms with Crippen molar-refractivity contribution in [2.75, 3.05) is 19.4 Å². The lowest BCUT2D eigenvalue weighted by Gasteiger charge is -2.16. The van der Waals surface area contributed by atoms with Gasteiger partial charge in [0.15, 0.2) is 5.16 Å². The lowest BCUT2D eigenvalue weighted by atomic mass is 10.2. The minimum Gasteiger partial charge on any atom is -0.348 e. The minimum absolute atomic E-state index is 0.0410. The molecule has 1 heterocycles. The number of carbonyl (C=O) groups is 1. The first kappa shape index (κ1) is 17.2. The first-order valence-electron chi connectivity index (χ1n) is 8.01. The highest BCUT2D eigenvalue weighted by atomic mass is 32.2. The van der Waals surface area contributed by atoms with E-state index in [0.29, 0.717) is 5.16 Å². The number of carbonyl (C=O) groups excluding carboxylic acids is 1. The van der Waals surface area contributed by atoms with Gasteiger partial charge in [0.2, 0.25) is 5.91 Å². The monoisotopic (exact) mass is 352 g/mol. The molecule has 1 atom stereocenters. The molecule has 0 aliphatic heterocycles. The van der Waals surface area contributed by atoms with Crippen LogP contribution < -0.4 is 5.32 Å². The SMILES string of the molecule is C[C@H](Sc1nc(Nc2ccccc2)c2ccccc2n1)C(=O)N(C)C. The Morgan fingerprint density at radius 2 is 1.72 bits per heavy atom. The zero-order chi connectivity index (χ0) is 17.8. The Bertz CT molecular complexity index is 883. The van der Waals surface area contributed by atoms with Gasteiger partial charge >= 0.3 is 0 Å². The third-order valence-electron chi connectivity index (χ3n) is 3.69. The average Bonchev–Trinajstić information content (AvgIpc) is 2.61. The van der Waals surface area contributed by atoms with E-state index in [2.05, 4.69) is 15.3 Å². The van der Waals surface area contributed by atoms with Crippen LogP contribution in [0, 0.1) is 0 Å². The van der Waals surface area contributed by atoms with Crippen LogP contribution in [0.15, 0.2) is 59.8 Å². The Kier molecular flexibility index (Phi) is 5.19. The van der Waals surface area contributed by atoms with Gasteiger partial charge in [-0.25, -0.2) is 9.97 Å². The quantitative estimate of drug-likeness (QED) is 0.557. The fourth-order valence-electron chi connectivity index (χ4n) is 2.43. The van der Waals surface area contributed by atoms with Gasteiger partial charge in [-0.1, -0.05) is 42.1 Å². The minimum atomic E-state index is -0.249. The molecule has 2 aromatic carbocycles. The van der Waals surface area contributed by atoms with E-state index in [0.717, 1.165) is 22.4 Å². The van der Waals surface area contributed by atoms with Crippen LogP contribution in [-0.2, 0) is 4.79 Å². The van der Waals surface area contributed by atoms with Crippen LogP contribution in [-0.4, -0.2) is 40.1 Å². The molecule has 0 aliphatic rings. The number of anilines is 2.